The standard InChI is InChI=1S/C25H34N4O3S/c1-27(2)33(31,32)22-13-14-24(29-17-7-8-18-29)23(19-22)25(30)26-20-9-11-21(12-10-20)28-15-5-3-4-6-16-28/h9-14,19H,3-8,15-18H2,1-2H3,(H,26,30). The number of hydrogen-bond donors (Lipinski definition) is 1. The molecule has 2 heterocycles. The zero-order chi connectivity index (χ0) is 23.4. The molecular weight excluding hydrogens is 436 g/mol. The molecule has 0 bridgehead atoms. The second-order valence-electron chi connectivity index (χ2n) is 9.06. The largest absolute Gasteiger partial charge is 0.372 e. The number of carbonyl (C=O) groups is 1. The number of carbonyl (C=O) groups excluding carboxylic acids is 1. The van der Waals surface area contributed by atoms with Gasteiger partial charge in [-0.05, 0) is 68.1 Å². The molecule has 2 aliphatic heterocycles. The molecular formula is C25H34N4O3S. The van der Waals surface area contributed by atoms with Crippen LogP contribution in [0.3, 0.4) is 0 Å². The number of nitrogens with zero attached hydrogens (tertiary/aromatic N) is 3. The summed E-state index contributed by atoms with van der Waals surface area (Å²) in [6.07, 6.45) is 7.13. The molecule has 33 heavy (non-hydrogen) atoms. The highest BCUT2D eigenvalue weighted by Gasteiger charge is 2.24. The van der Waals surface area contributed by atoms with Crippen molar-refractivity contribution in [2.75, 3.05) is 55.4 Å². The second-order valence-corrected chi connectivity index (χ2v) is 11.2. The SMILES string of the molecule is CN(C)S(=O)(=O)c1ccc(N2CCCC2)c(C(=O)Nc2ccc(N3CCCCCC3)cc2)c1. The zero-order valence-electron chi connectivity index (χ0n) is 19.6. The Morgan fingerprint density at radius 1 is 0.818 bits per heavy atom. The monoisotopic (exact) mass is 470 g/mol. The van der Waals surface area contributed by atoms with Crippen LogP contribution in [0.2, 0.25) is 0 Å². The molecule has 178 valence electrons. The van der Waals surface area contributed by atoms with Gasteiger partial charge in [0.2, 0.25) is 10.0 Å². The van der Waals surface area contributed by atoms with E-state index in [0.717, 1.165) is 44.7 Å². The number of anilines is 3. The minimum Gasteiger partial charge on any atom is -0.372 e. The third-order valence-corrected chi connectivity index (χ3v) is 8.35. The van der Waals surface area contributed by atoms with E-state index in [0.29, 0.717) is 11.3 Å². The van der Waals surface area contributed by atoms with Crippen molar-refractivity contribution in [2.24, 2.45) is 0 Å². The van der Waals surface area contributed by atoms with Crippen LogP contribution < -0.4 is 15.1 Å². The molecule has 0 unspecified atom stereocenters. The summed E-state index contributed by atoms with van der Waals surface area (Å²) in [4.78, 5) is 18.0. The van der Waals surface area contributed by atoms with E-state index < -0.39 is 10.0 Å². The van der Waals surface area contributed by atoms with Gasteiger partial charge < -0.3 is 15.1 Å². The van der Waals surface area contributed by atoms with Crippen molar-refractivity contribution in [3.63, 3.8) is 0 Å². The van der Waals surface area contributed by atoms with Crippen molar-refractivity contribution in [3.8, 4) is 0 Å². The van der Waals surface area contributed by atoms with Crippen molar-refractivity contribution in [1.82, 2.24) is 4.31 Å². The van der Waals surface area contributed by atoms with Crippen molar-refractivity contribution in [2.45, 2.75) is 43.4 Å². The summed E-state index contributed by atoms with van der Waals surface area (Å²) in [6.45, 7) is 3.87. The number of rotatable bonds is 6. The van der Waals surface area contributed by atoms with Crippen molar-refractivity contribution in [3.05, 3.63) is 48.0 Å². The Hall–Kier alpha value is -2.58. The molecule has 0 spiro atoms. The van der Waals surface area contributed by atoms with Crippen molar-refractivity contribution in [1.29, 1.82) is 0 Å². The fourth-order valence-corrected chi connectivity index (χ4v) is 5.51. The van der Waals surface area contributed by atoms with E-state index >= 15 is 0 Å². The highest BCUT2D eigenvalue weighted by Crippen LogP contribution is 2.29. The molecule has 0 radical (unpaired) electrons. The molecule has 2 aromatic carbocycles. The Bertz CT molecular complexity index is 1070. The average Bonchev–Trinajstić information content (AvgIpc) is 3.21. The fraction of sp³-hybridized carbons (Fsp3) is 0.480. The summed E-state index contributed by atoms with van der Waals surface area (Å²) in [5.74, 6) is -0.296. The van der Waals surface area contributed by atoms with Gasteiger partial charge in [0, 0.05) is 57.3 Å². The van der Waals surface area contributed by atoms with Gasteiger partial charge in [-0.1, -0.05) is 12.8 Å². The first-order chi connectivity index (χ1) is 15.9. The van der Waals surface area contributed by atoms with Gasteiger partial charge in [0.1, 0.15) is 0 Å². The quantitative estimate of drug-likeness (QED) is 0.686. The molecule has 4 rings (SSSR count). The third kappa shape index (κ3) is 5.33. The minimum absolute atomic E-state index is 0.122. The number of amides is 1. The maximum atomic E-state index is 13.3. The molecule has 0 atom stereocenters. The Kier molecular flexibility index (Phi) is 7.24. The van der Waals surface area contributed by atoms with E-state index in [1.807, 2.05) is 12.1 Å². The Balaban J connectivity index is 1.58. The van der Waals surface area contributed by atoms with Crippen LogP contribution in [0.1, 0.15) is 48.9 Å². The molecule has 2 aliphatic rings. The first-order valence-corrected chi connectivity index (χ1v) is 13.3. The van der Waals surface area contributed by atoms with E-state index in [4.69, 9.17) is 0 Å². The van der Waals surface area contributed by atoms with Gasteiger partial charge >= 0.3 is 0 Å². The average molecular weight is 471 g/mol. The zero-order valence-corrected chi connectivity index (χ0v) is 20.4. The third-order valence-electron chi connectivity index (χ3n) is 6.53. The van der Waals surface area contributed by atoms with Crippen molar-refractivity contribution < 1.29 is 13.2 Å². The maximum absolute atomic E-state index is 13.3. The summed E-state index contributed by atoms with van der Waals surface area (Å²) in [5.41, 5.74) is 3.04. The normalized spacial score (nSPS) is 17.3. The highest BCUT2D eigenvalue weighted by atomic mass is 32.2. The Morgan fingerprint density at radius 2 is 1.39 bits per heavy atom. The lowest BCUT2D eigenvalue weighted by Gasteiger charge is -2.23. The number of nitrogens with one attached hydrogen (secondary N) is 1. The molecule has 0 aliphatic carbocycles. The minimum atomic E-state index is -3.64. The summed E-state index contributed by atoms with van der Waals surface area (Å²) in [5, 5.41) is 2.98. The van der Waals surface area contributed by atoms with E-state index in [9.17, 15) is 13.2 Å². The van der Waals surface area contributed by atoms with Gasteiger partial charge in [-0.3, -0.25) is 4.79 Å². The molecule has 2 aromatic rings. The predicted octanol–water partition coefficient (Wildman–Crippen LogP) is 4.17. The Labute approximate surface area is 197 Å². The van der Waals surface area contributed by atoms with Crippen LogP contribution in [0.4, 0.5) is 17.1 Å². The van der Waals surface area contributed by atoms with E-state index in [-0.39, 0.29) is 10.8 Å². The summed E-state index contributed by atoms with van der Waals surface area (Å²) in [6, 6.07) is 12.8. The summed E-state index contributed by atoms with van der Waals surface area (Å²) >= 11 is 0. The Morgan fingerprint density at radius 3 is 2.00 bits per heavy atom. The van der Waals surface area contributed by atoms with Crippen LogP contribution >= 0.6 is 0 Å². The molecule has 1 amide bonds. The molecule has 2 fully saturated rings. The molecule has 0 saturated carbocycles. The second kappa shape index (κ2) is 10.1. The smallest absolute Gasteiger partial charge is 0.257 e. The molecule has 0 aromatic heterocycles. The first-order valence-electron chi connectivity index (χ1n) is 11.8. The van der Waals surface area contributed by atoms with Crippen LogP contribution in [0.15, 0.2) is 47.4 Å². The maximum Gasteiger partial charge on any atom is 0.257 e. The van der Waals surface area contributed by atoms with E-state index in [1.54, 1.807) is 12.1 Å². The molecule has 7 nitrogen and oxygen atoms in total. The molecule has 8 heteroatoms. The van der Waals surface area contributed by atoms with Gasteiger partial charge in [0.25, 0.3) is 5.91 Å². The fourth-order valence-electron chi connectivity index (χ4n) is 4.58. The van der Waals surface area contributed by atoms with Crippen LogP contribution in [0.5, 0.6) is 0 Å². The number of hydrogen-bond acceptors (Lipinski definition) is 5. The number of sulfonamides is 1. The highest BCUT2D eigenvalue weighted by molar-refractivity contribution is 7.89. The lowest BCUT2D eigenvalue weighted by atomic mass is 10.1. The predicted molar refractivity (Wildman–Crippen MR) is 134 cm³/mol. The van der Waals surface area contributed by atoms with Crippen molar-refractivity contribution >= 4 is 33.0 Å². The molecule has 1 N–H and O–H groups in total. The molecule has 2 saturated heterocycles. The first kappa shape index (κ1) is 23.6. The van der Waals surface area contributed by atoms with E-state index in [2.05, 4.69) is 27.2 Å². The van der Waals surface area contributed by atoms with Crippen LogP contribution in [-0.2, 0) is 10.0 Å². The van der Waals surface area contributed by atoms with Gasteiger partial charge in [-0.25, -0.2) is 12.7 Å². The van der Waals surface area contributed by atoms with Gasteiger partial charge in [0.15, 0.2) is 0 Å². The van der Waals surface area contributed by atoms with Crippen LogP contribution in [-0.4, -0.2) is 58.9 Å². The van der Waals surface area contributed by atoms with E-state index in [1.165, 1.54) is 55.8 Å². The topological polar surface area (TPSA) is 73.0 Å². The summed E-state index contributed by atoms with van der Waals surface area (Å²) < 4.78 is 26.5. The summed E-state index contributed by atoms with van der Waals surface area (Å²) in [7, 11) is -0.647. The van der Waals surface area contributed by atoms with Crippen LogP contribution in [0, 0.1) is 0 Å². The van der Waals surface area contributed by atoms with Crippen LogP contribution in [0.25, 0.3) is 0 Å². The lowest BCUT2D eigenvalue weighted by molar-refractivity contribution is 0.102. The number of benzene rings is 2. The lowest BCUT2D eigenvalue weighted by Crippen LogP contribution is -2.26. The van der Waals surface area contributed by atoms with Gasteiger partial charge in [0.05, 0.1) is 10.5 Å². The van der Waals surface area contributed by atoms with Gasteiger partial charge in [-0.2, -0.15) is 0 Å². The van der Waals surface area contributed by atoms with Gasteiger partial charge in [-0.15, -0.1) is 0 Å².